The average Bonchev–Trinajstić information content (AvgIpc) is 2.66. The van der Waals surface area contributed by atoms with Crippen LogP contribution in [0.3, 0.4) is 0 Å². The highest BCUT2D eigenvalue weighted by Gasteiger charge is 2.09. The molecule has 3 rings (SSSR count). The molecule has 2 heterocycles. The highest BCUT2D eigenvalue weighted by molar-refractivity contribution is 5.92. The molecular formula is C19H23FN4O2. The van der Waals surface area contributed by atoms with Crippen LogP contribution in [0.2, 0.25) is 0 Å². The molecule has 1 fully saturated rings. The Hall–Kier alpha value is -2.51. The lowest BCUT2D eigenvalue weighted by Gasteiger charge is -2.26. The highest BCUT2D eigenvalue weighted by atomic mass is 19.1. The third kappa shape index (κ3) is 5.79. The number of hydrogen-bond acceptors (Lipinski definition) is 5. The fourth-order valence-corrected chi connectivity index (χ4v) is 2.73. The van der Waals surface area contributed by atoms with Gasteiger partial charge in [-0.3, -0.25) is 9.69 Å². The third-order valence-corrected chi connectivity index (χ3v) is 4.16. The number of aromatic nitrogens is 1. The molecule has 0 unspecified atom stereocenters. The Morgan fingerprint density at radius 2 is 1.92 bits per heavy atom. The first kappa shape index (κ1) is 18.3. The van der Waals surface area contributed by atoms with Crippen molar-refractivity contribution in [3.05, 3.63) is 54.0 Å². The molecule has 2 N–H and O–H groups in total. The van der Waals surface area contributed by atoms with Gasteiger partial charge in [0.2, 0.25) is 5.91 Å². The fraction of sp³-hybridized carbons (Fsp3) is 0.368. The maximum atomic E-state index is 12.9. The predicted molar refractivity (Wildman–Crippen MR) is 98.7 cm³/mol. The Bertz CT molecular complexity index is 700. The fourth-order valence-electron chi connectivity index (χ4n) is 2.73. The molecule has 1 aromatic carbocycles. The molecule has 0 aliphatic carbocycles. The number of carbonyl (C=O) groups is 1. The Kier molecular flexibility index (Phi) is 6.51. The first-order valence-corrected chi connectivity index (χ1v) is 8.73. The van der Waals surface area contributed by atoms with E-state index in [2.05, 4.69) is 20.5 Å². The minimum atomic E-state index is -0.310. The van der Waals surface area contributed by atoms with Crippen LogP contribution in [-0.4, -0.2) is 55.2 Å². The predicted octanol–water partition coefficient (Wildman–Crippen LogP) is 2.15. The summed E-state index contributed by atoms with van der Waals surface area (Å²) in [6, 6.07) is 9.56. The summed E-state index contributed by atoms with van der Waals surface area (Å²) in [6.45, 7) is 5.28. The quantitative estimate of drug-likeness (QED) is 0.794. The summed E-state index contributed by atoms with van der Waals surface area (Å²) < 4.78 is 18.2. The van der Waals surface area contributed by atoms with E-state index < -0.39 is 0 Å². The van der Waals surface area contributed by atoms with Gasteiger partial charge >= 0.3 is 0 Å². The van der Waals surface area contributed by atoms with Crippen molar-refractivity contribution in [1.29, 1.82) is 0 Å². The molecule has 0 bridgehead atoms. The molecule has 1 aliphatic heterocycles. The third-order valence-electron chi connectivity index (χ3n) is 4.16. The second-order valence-electron chi connectivity index (χ2n) is 6.16. The van der Waals surface area contributed by atoms with Gasteiger partial charge in [0.25, 0.3) is 0 Å². The highest BCUT2D eigenvalue weighted by Crippen LogP contribution is 2.11. The zero-order valence-corrected chi connectivity index (χ0v) is 14.6. The molecule has 1 amide bonds. The van der Waals surface area contributed by atoms with Gasteiger partial charge in [0.05, 0.1) is 31.5 Å². The van der Waals surface area contributed by atoms with E-state index in [9.17, 15) is 9.18 Å². The van der Waals surface area contributed by atoms with Crippen molar-refractivity contribution in [3.8, 4) is 0 Å². The van der Waals surface area contributed by atoms with Crippen LogP contribution in [0.4, 0.5) is 15.9 Å². The largest absolute Gasteiger partial charge is 0.379 e. The van der Waals surface area contributed by atoms with Gasteiger partial charge in [0, 0.05) is 26.2 Å². The van der Waals surface area contributed by atoms with E-state index in [0.29, 0.717) is 5.69 Å². The zero-order chi connectivity index (χ0) is 18.2. The lowest BCUT2D eigenvalue weighted by Crippen LogP contribution is -2.39. The van der Waals surface area contributed by atoms with Gasteiger partial charge in [0.1, 0.15) is 11.6 Å². The average molecular weight is 358 g/mol. The van der Waals surface area contributed by atoms with Crippen LogP contribution in [-0.2, 0) is 16.0 Å². The van der Waals surface area contributed by atoms with Gasteiger partial charge in [-0.15, -0.1) is 0 Å². The van der Waals surface area contributed by atoms with E-state index in [-0.39, 0.29) is 18.1 Å². The molecule has 1 saturated heterocycles. The molecule has 7 heteroatoms. The summed E-state index contributed by atoms with van der Waals surface area (Å²) in [5, 5.41) is 6.07. The van der Waals surface area contributed by atoms with Crippen LogP contribution in [0.15, 0.2) is 42.6 Å². The summed E-state index contributed by atoms with van der Waals surface area (Å²) >= 11 is 0. The van der Waals surface area contributed by atoms with Crippen LogP contribution in [0.5, 0.6) is 0 Å². The van der Waals surface area contributed by atoms with E-state index in [1.165, 1.54) is 12.1 Å². The van der Waals surface area contributed by atoms with Crippen molar-refractivity contribution in [2.75, 3.05) is 50.0 Å². The van der Waals surface area contributed by atoms with E-state index in [0.717, 1.165) is 50.8 Å². The molecule has 6 nitrogen and oxygen atoms in total. The minimum Gasteiger partial charge on any atom is -0.379 e. The van der Waals surface area contributed by atoms with Gasteiger partial charge in [0.15, 0.2) is 0 Å². The molecule has 26 heavy (non-hydrogen) atoms. The summed E-state index contributed by atoms with van der Waals surface area (Å²) in [5.74, 6) is 0.302. The molecular weight excluding hydrogens is 335 g/mol. The molecule has 0 saturated carbocycles. The summed E-state index contributed by atoms with van der Waals surface area (Å²) in [5.41, 5.74) is 1.40. The van der Waals surface area contributed by atoms with Crippen molar-refractivity contribution in [3.63, 3.8) is 0 Å². The summed E-state index contributed by atoms with van der Waals surface area (Å²) in [7, 11) is 0. The normalized spacial score (nSPS) is 14.8. The lowest BCUT2D eigenvalue weighted by atomic mass is 10.1. The van der Waals surface area contributed by atoms with E-state index in [4.69, 9.17) is 4.74 Å². The van der Waals surface area contributed by atoms with Crippen molar-refractivity contribution in [2.45, 2.75) is 6.42 Å². The molecule has 1 aliphatic rings. The van der Waals surface area contributed by atoms with Crippen LogP contribution in [0.25, 0.3) is 0 Å². The van der Waals surface area contributed by atoms with E-state index in [1.807, 2.05) is 12.1 Å². The Labute approximate surface area is 152 Å². The maximum absolute atomic E-state index is 12.9. The number of amides is 1. The minimum absolute atomic E-state index is 0.161. The standard InChI is InChI=1S/C19H23FN4O2/c20-16-3-1-15(2-4-16)13-19(25)23-17-5-6-18(22-14-17)21-7-8-24-9-11-26-12-10-24/h1-6,14H,7-13H2,(H,21,22)(H,23,25). The van der Waals surface area contributed by atoms with Gasteiger partial charge in [-0.1, -0.05) is 12.1 Å². The van der Waals surface area contributed by atoms with Crippen molar-refractivity contribution >= 4 is 17.4 Å². The Morgan fingerprint density at radius 1 is 1.15 bits per heavy atom. The number of morpholine rings is 1. The molecule has 0 radical (unpaired) electrons. The van der Waals surface area contributed by atoms with Gasteiger partial charge in [-0.25, -0.2) is 9.37 Å². The van der Waals surface area contributed by atoms with Crippen molar-refractivity contribution in [2.24, 2.45) is 0 Å². The zero-order valence-electron chi connectivity index (χ0n) is 14.6. The second kappa shape index (κ2) is 9.26. The maximum Gasteiger partial charge on any atom is 0.228 e. The Balaban J connectivity index is 1.41. The Morgan fingerprint density at radius 3 is 2.62 bits per heavy atom. The van der Waals surface area contributed by atoms with E-state index >= 15 is 0 Å². The van der Waals surface area contributed by atoms with Crippen molar-refractivity contribution < 1.29 is 13.9 Å². The molecule has 0 atom stereocenters. The van der Waals surface area contributed by atoms with Crippen molar-refractivity contribution in [1.82, 2.24) is 9.88 Å². The summed E-state index contributed by atoms with van der Waals surface area (Å²) in [6.07, 6.45) is 1.82. The molecule has 2 aromatic rings. The smallest absolute Gasteiger partial charge is 0.228 e. The first-order chi connectivity index (χ1) is 12.7. The number of anilines is 2. The number of carbonyl (C=O) groups excluding carboxylic acids is 1. The van der Waals surface area contributed by atoms with Crippen LogP contribution in [0, 0.1) is 5.82 Å². The number of rotatable bonds is 7. The molecule has 138 valence electrons. The first-order valence-electron chi connectivity index (χ1n) is 8.73. The van der Waals surface area contributed by atoms with Gasteiger partial charge in [-0.05, 0) is 29.8 Å². The second-order valence-corrected chi connectivity index (χ2v) is 6.16. The summed E-state index contributed by atoms with van der Waals surface area (Å²) in [4.78, 5) is 18.7. The molecule has 0 spiro atoms. The number of pyridine rings is 1. The topological polar surface area (TPSA) is 66.5 Å². The number of nitrogens with one attached hydrogen (secondary N) is 2. The number of halogens is 1. The van der Waals surface area contributed by atoms with Gasteiger partial charge in [-0.2, -0.15) is 0 Å². The monoisotopic (exact) mass is 358 g/mol. The SMILES string of the molecule is O=C(Cc1ccc(F)cc1)Nc1ccc(NCCN2CCOCC2)nc1. The van der Waals surface area contributed by atoms with Crippen LogP contribution >= 0.6 is 0 Å². The van der Waals surface area contributed by atoms with Crippen LogP contribution < -0.4 is 10.6 Å². The number of hydrogen-bond donors (Lipinski definition) is 2. The number of ether oxygens (including phenoxy) is 1. The molecule has 1 aromatic heterocycles. The van der Waals surface area contributed by atoms with E-state index in [1.54, 1.807) is 18.3 Å². The van der Waals surface area contributed by atoms with Crippen LogP contribution in [0.1, 0.15) is 5.56 Å². The number of nitrogens with zero attached hydrogens (tertiary/aromatic N) is 2. The number of benzene rings is 1. The van der Waals surface area contributed by atoms with Gasteiger partial charge < -0.3 is 15.4 Å². The lowest BCUT2D eigenvalue weighted by molar-refractivity contribution is -0.115.